The Morgan fingerprint density at radius 3 is 2.46 bits per heavy atom. The van der Waals surface area contributed by atoms with Crippen LogP contribution in [0.4, 0.5) is 4.39 Å². The van der Waals surface area contributed by atoms with Crippen LogP contribution in [0.2, 0.25) is 10.0 Å². The number of carbonyl (C=O) groups excluding carboxylic acids is 1. The van der Waals surface area contributed by atoms with Crippen LogP contribution in [0.5, 0.6) is 11.5 Å². The Bertz CT molecular complexity index is 1070. The number of aromatic nitrogens is 1. The van der Waals surface area contributed by atoms with Crippen LogP contribution in [0.15, 0.2) is 24.4 Å². The number of hydrogen-bond acceptors (Lipinski definition) is 5. The minimum atomic E-state index is -3.80. The van der Waals surface area contributed by atoms with Crippen molar-refractivity contribution >= 4 is 39.1 Å². The van der Waals surface area contributed by atoms with Crippen molar-refractivity contribution in [2.24, 2.45) is 0 Å². The molecule has 2 fully saturated rings. The second-order valence-corrected chi connectivity index (χ2v) is 9.63. The smallest absolute Gasteiger partial charge is 0.267 e. The van der Waals surface area contributed by atoms with Gasteiger partial charge < -0.3 is 4.74 Å². The minimum absolute atomic E-state index is 0.0437. The van der Waals surface area contributed by atoms with Gasteiger partial charge in [0.15, 0.2) is 0 Å². The van der Waals surface area contributed by atoms with Crippen LogP contribution in [-0.4, -0.2) is 24.6 Å². The summed E-state index contributed by atoms with van der Waals surface area (Å²) in [5, 5.41) is -0.205. The molecule has 0 bridgehead atoms. The van der Waals surface area contributed by atoms with Gasteiger partial charge in [0.05, 0.1) is 32.7 Å². The van der Waals surface area contributed by atoms with E-state index in [9.17, 15) is 17.6 Å². The number of rotatable bonds is 6. The first-order valence-corrected chi connectivity index (χ1v) is 10.9. The Labute approximate surface area is 171 Å². The van der Waals surface area contributed by atoms with E-state index < -0.39 is 32.6 Å². The lowest BCUT2D eigenvalue weighted by Crippen LogP contribution is -2.33. The number of halogens is 3. The van der Waals surface area contributed by atoms with Crippen LogP contribution in [0, 0.1) is 5.82 Å². The van der Waals surface area contributed by atoms with Gasteiger partial charge >= 0.3 is 0 Å². The minimum Gasteiger partial charge on any atom is -0.454 e. The number of nitrogens with zero attached hydrogens (tertiary/aromatic N) is 1. The molecule has 2 saturated carbocycles. The molecule has 1 aromatic carbocycles. The van der Waals surface area contributed by atoms with Gasteiger partial charge in [-0.05, 0) is 31.7 Å². The number of hydrogen-bond donors (Lipinski definition) is 1. The standard InChI is InChI=1S/C18H15Cl2FN2O4S/c19-13-6-12(18(24)23-28(25,26)11-3-4-11)15(21)7-16(13)27-10-5-14(20)17(22-8-10)9-1-2-9/h5-9,11H,1-4H2,(H,23,24). The number of nitrogens with one attached hydrogen (secondary N) is 1. The van der Waals surface area contributed by atoms with E-state index in [-0.39, 0.29) is 16.5 Å². The fourth-order valence-corrected chi connectivity index (χ4v) is 4.50. The largest absolute Gasteiger partial charge is 0.454 e. The highest BCUT2D eigenvalue weighted by Crippen LogP contribution is 2.43. The number of ether oxygens (including phenoxy) is 1. The molecule has 0 unspecified atom stereocenters. The summed E-state index contributed by atoms with van der Waals surface area (Å²) in [4.78, 5) is 16.4. The van der Waals surface area contributed by atoms with Gasteiger partial charge in [0.2, 0.25) is 10.0 Å². The molecule has 2 aromatic rings. The molecule has 2 aliphatic carbocycles. The predicted octanol–water partition coefficient (Wildman–Crippen LogP) is 4.42. The average Bonchev–Trinajstić information content (AvgIpc) is 3.49. The third kappa shape index (κ3) is 4.09. The lowest BCUT2D eigenvalue weighted by atomic mass is 10.2. The monoisotopic (exact) mass is 444 g/mol. The van der Waals surface area contributed by atoms with Gasteiger partial charge in [-0.3, -0.25) is 9.78 Å². The number of sulfonamides is 1. The lowest BCUT2D eigenvalue weighted by molar-refractivity contribution is 0.0977. The highest BCUT2D eigenvalue weighted by Gasteiger charge is 2.37. The summed E-state index contributed by atoms with van der Waals surface area (Å²) in [7, 11) is -3.80. The van der Waals surface area contributed by atoms with Crippen molar-refractivity contribution in [1.29, 1.82) is 0 Å². The van der Waals surface area contributed by atoms with Crippen LogP contribution in [0.25, 0.3) is 0 Å². The molecule has 148 valence electrons. The van der Waals surface area contributed by atoms with E-state index in [1.807, 2.05) is 4.72 Å². The van der Waals surface area contributed by atoms with Gasteiger partial charge in [-0.2, -0.15) is 0 Å². The first kappa shape index (κ1) is 19.4. The Hall–Kier alpha value is -1.90. The molecule has 1 N–H and O–H groups in total. The Morgan fingerprint density at radius 2 is 1.86 bits per heavy atom. The maximum absolute atomic E-state index is 14.4. The summed E-state index contributed by atoms with van der Waals surface area (Å²) in [6.07, 6.45) is 4.52. The fraction of sp³-hybridized carbons (Fsp3) is 0.333. The van der Waals surface area contributed by atoms with Gasteiger partial charge in [-0.15, -0.1) is 0 Å². The summed E-state index contributed by atoms with van der Waals surface area (Å²) in [5.74, 6) is -1.44. The van der Waals surface area contributed by atoms with Gasteiger partial charge in [0.1, 0.15) is 17.3 Å². The second kappa shape index (κ2) is 7.17. The maximum atomic E-state index is 14.4. The van der Waals surface area contributed by atoms with Crippen molar-refractivity contribution < 1.29 is 22.3 Å². The molecule has 0 radical (unpaired) electrons. The van der Waals surface area contributed by atoms with E-state index >= 15 is 0 Å². The zero-order valence-electron chi connectivity index (χ0n) is 14.4. The highest BCUT2D eigenvalue weighted by molar-refractivity contribution is 7.91. The van der Waals surface area contributed by atoms with Crippen LogP contribution in [0.3, 0.4) is 0 Å². The van der Waals surface area contributed by atoms with Crippen molar-refractivity contribution in [3.8, 4) is 11.5 Å². The first-order valence-electron chi connectivity index (χ1n) is 8.63. The van der Waals surface area contributed by atoms with E-state index in [0.29, 0.717) is 23.8 Å². The van der Waals surface area contributed by atoms with Gasteiger partial charge in [0, 0.05) is 18.1 Å². The molecular weight excluding hydrogens is 430 g/mol. The zero-order valence-corrected chi connectivity index (χ0v) is 16.7. The van der Waals surface area contributed by atoms with Crippen LogP contribution < -0.4 is 9.46 Å². The van der Waals surface area contributed by atoms with E-state index in [2.05, 4.69) is 4.98 Å². The van der Waals surface area contributed by atoms with Crippen molar-refractivity contribution in [3.63, 3.8) is 0 Å². The fourth-order valence-electron chi connectivity index (χ4n) is 2.70. The summed E-state index contributed by atoms with van der Waals surface area (Å²) in [6, 6.07) is 3.51. The van der Waals surface area contributed by atoms with Crippen LogP contribution in [-0.2, 0) is 10.0 Å². The third-order valence-electron chi connectivity index (χ3n) is 4.50. The Kier molecular flexibility index (Phi) is 4.97. The quantitative estimate of drug-likeness (QED) is 0.712. The first-order chi connectivity index (χ1) is 13.2. The summed E-state index contributed by atoms with van der Waals surface area (Å²) in [6.45, 7) is 0. The number of amides is 1. The second-order valence-electron chi connectivity index (χ2n) is 6.85. The van der Waals surface area contributed by atoms with E-state index in [4.69, 9.17) is 27.9 Å². The normalized spacial score (nSPS) is 16.7. The maximum Gasteiger partial charge on any atom is 0.267 e. The van der Waals surface area contributed by atoms with Gasteiger partial charge in [-0.25, -0.2) is 17.5 Å². The van der Waals surface area contributed by atoms with E-state index in [1.54, 1.807) is 6.07 Å². The molecule has 1 aromatic heterocycles. The lowest BCUT2D eigenvalue weighted by Gasteiger charge is -2.12. The molecule has 1 heterocycles. The molecule has 28 heavy (non-hydrogen) atoms. The SMILES string of the molecule is O=C(NS(=O)(=O)C1CC1)c1cc(Cl)c(Oc2cnc(C3CC3)c(Cl)c2)cc1F. The van der Waals surface area contributed by atoms with E-state index in [0.717, 1.165) is 30.7 Å². The van der Waals surface area contributed by atoms with Crippen molar-refractivity contribution in [3.05, 3.63) is 51.5 Å². The molecule has 0 spiro atoms. The van der Waals surface area contributed by atoms with Crippen molar-refractivity contribution in [2.75, 3.05) is 0 Å². The molecule has 2 aliphatic rings. The van der Waals surface area contributed by atoms with Crippen molar-refractivity contribution in [2.45, 2.75) is 36.9 Å². The predicted molar refractivity (Wildman–Crippen MR) is 102 cm³/mol. The van der Waals surface area contributed by atoms with E-state index in [1.165, 1.54) is 6.20 Å². The van der Waals surface area contributed by atoms with Gasteiger partial charge in [0.25, 0.3) is 5.91 Å². The van der Waals surface area contributed by atoms with Gasteiger partial charge in [-0.1, -0.05) is 23.2 Å². The molecule has 0 saturated heterocycles. The molecule has 10 heteroatoms. The summed E-state index contributed by atoms with van der Waals surface area (Å²) < 4.78 is 45.5. The number of carbonyl (C=O) groups is 1. The molecule has 0 atom stereocenters. The molecular formula is C18H15Cl2FN2O4S. The molecule has 1 amide bonds. The Morgan fingerprint density at radius 1 is 1.14 bits per heavy atom. The highest BCUT2D eigenvalue weighted by atomic mass is 35.5. The molecule has 6 nitrogen and oxygen atoms in total. The summed E-state index contributed by atoms with van der Waals surface area (Å²) >= 11 is 12.3. The number of benzene rings is 1. The molecule has 4 rings (SSSR count). The third-order valence-corrected chi connectivity index (χ3v) is 6.92. The van der Waals surface area contributed by atoms with Crippen LogP contribution >= 0.6 is 23.2 Å². The topological polar surface area (TPSA) is 85.4 Å². The Balaban J connectivity index is 1.54. The molecule has 0 aliphatic heterocycles. The zero-order chi connectivity index (χ0) is 20.1. The number of pyridine rings is 1. The summed E-state index contributed by atoms with van der Waals surface area (Å²) in [5.41, 5.74) is 0.317. The average molecular weight is 445 g/mol. The van der Waals surface area contributed by atoms with Crippen LogP contribution in [0.1, 0.15) is 47.7 Å². The van der Waals surface area contributed by atoms with Crippen molar-refractivity contribution in [1.82, 2.24) is 9.71 Å².